The standard InChI is InChI=1S/C11H21N3O2/c1-4-12-9(2)5-6-11-13-10(14-16-11)7-8-15-3/h9,12H,4-8H2,1-3H3. The molecule has 5 heteroatoms. The number of hydrogen-bond acceptors (Lipinski definition) is 5. The van der Waals surface area contributed by atoms with Crippen LogP contribution >= 0.6 is 0 Å². The van der Waals surface area contributed by atoms with E-state index in [1.54, 1.807) is 7.11 Å². The molecular weight excluding hydrogens is 206 g/mol. The molecule has 0 radical (unpaired) electrons. The maximum Gasteiger partial charge on any atom is 0.226 e. The molecule has 1 aromatic heterocycles. The fourth-order valence-corrected chi connectivity index (χ4v) is 1.48. The van der Waals surface area contributed by atoms with E-state index < -0.39 is 0 Å². The van der Waals surface area contributed by atoms with Crippen molar-refractivity contribution in [2.45, 2.75) is 39.2 Å². The molecule has 16 heavy (non-hydrogen) atoms. The van der Waals surface area contributed by atoms with Crippen molar-refractivity contribution in [1.82, 2.24) is 15.5 Å². The Morgan fingerprint density at radius 3 is 2.94 bits per heavy atom. The molecule has 0 aliphatic carbocycles. The van der Waals surface area contributed by atoms with Gasteiger partial charge in [-0.3, -0.25) is 0 Å². The van der Waals surface area contributed by atoms with Crippen molar-refractivity contribution in [3.63, 3.8) is 0 Å². The van der Waals surface area contributed by atoms with Gasteiger partial charge in [0.25, 0.3) is 0 Å². The molecule has 0 saturated heterocycles. The highest BCUT2D eigenvalue weighted by molar-refractivity contribution is 4.87. The van der Waals surface area contributed by atoms with Crippen LogP contribution in [0.1, 0.15) is 32.0 Å². The number of nitrogens with one attached hydrogen (secondary N) is 1. The van der Waals surface area contributed by atoms with Crippen LogP contribution in [0.15, 0.2) is 4.52 Å². The predicted molar refractivity (Wildman–Crippen MR) is 61.3 cm³/mol. The molecule has 0 aliphatic heterocycles. The lowest BCUT2D eigenvalue weighted by molar-refractivity contribution is 0.199. The van der Waals surface area contributed by atoms with E-state index in [1.807, 2.05) is 0 Å². The third-order valence-corrected chi connectivity index (χ3v) is 2.38. The maximum absolute atomic E-state index is 5.15. The lowest BCUT2D eigenvalue weighted by Crippen LogP contribution is -2.25. The Morgan fingerprint density at radius 2 is 2.25 bits per heavy atom. The van der Waals surface area contributed by atoms with Gasteiger partial charge in [-0.25, -0.2) is 0 Å². The minimum Gasteiger partial charge on any atom is -0.384 e. The molecule has 1 atom stereocenters. The molecule has 0 bridgehead atoms. The molecule has 0 aliphatic rings. The minimum atomic E-state index is 0.485. The zero-order valence-electron chi connectivity index (χ0n) is 10.3. The van der Waals surface area contributed by atoms with Crippen LogP contribution in [0.3, 0.4) is 0 Å². The summed E-state index contributed by atoms with van der Waals surface area (Å²) < 4.78 is 10.1. The minimum absolute atomic E-state index is 0.485. The van der Waals surface area contributed by atoms with Gasteiger partial charge in [-0.15, -0.1) is 0 Å². The Balaban J connectivity index is 2.28. The van der Waals surface area contributed by atoms with Gasteiger partial charge >= 0.3 is 0 Å². The van der Waals surface area contributed by atoms with Gasteiger partial charge in [-0.2, -0.15) is 4.98 Å². The molecule has 0 saturated carbocycles. The number of aryl methyl sites for hydroxylation is 1. The van der Waals surface area contributed by atoms with Crippen molar-refractivity contribution >= 4 is 0 Å². The van der Waals surface area contributed by atoms with Gasteiger partial charge in [0.15, 0.2) is 5.82 Å². The van der Waals surface area contributed by atoms with Gasteiger partial charge in [0.05, 0.1) is 6.61 Å². The average Bonchev–Trinajstić information content (AvgIpc) is 2.72. The van der Waals surface area contributed by atoms with Crippen LogP contribution < -0.4 is 5.32 Å². The summed E-state index contributed by atoms with van der Waals surface area (Å²) in [5.41, 5.74) is 0. The predicted octanol–water partition coefficient (Wildman–Crippen LogP) is 1.19. The average molecular weight is 227 g/mol. The van der Waals surface area contributed by atoms with Crippen molar-refractivity contribution < 1.29 is 9.26 Å². The first kappa shape index (κ1) is 13.1. The van der Waals surface area contributed by atoms with Gasteiger partial charge in [-0.05, 0) is 19.9 Å². The molecule has 1 rings (SSSR count). The second kappa shape index (κ2) is 7.35. The first-order valence-corrected chi connectivity index (χ1v) is 5.80. The second-order valence-electron chi connectivity index (χ2n) is 3.84. The van der Waals surface area contributed by atoms with Gasteiger partial charge in [0.2, 0.25) is 5.89 Å². The van der Waals surface area contributed by atoms with Crippen LogP contribution in [0.5, 0.6) is 0 Å². The van der Waals surface area contributed by atoms with Gasteiger partial charge < -0.3 is 14.6 Å². The van der Waals surface area contributed by atoms with E-state index in [-0.39, 0.29) is 0 Å². The van der Waals surface area contributed by atoms with E-state index >= 15 is 0 Å². The van der Waals surface area contributed by atoms with Crippen LogP contribution in [0.25, 0.3) is 0 Å². The highest BCUT2D eigenvalue weighted by Gasteiger charge is 2.07. The van der Waals surface area contributed by atoms with Crippen LogP contribution in [0.4, 0.5) is 0 Å². The zero-order valence-corrected chi connectivity index (χ0v) is 10.3. The highest BCUT2D eigenvalue weighted by Crippen LogP contribution is 2.04. The summed E-state index contributed by atoms with van der Waals surface area (Å²) in [5, 5.41) is 7.24. The van der Waals surface area contributed by atoms with E-state index in [0.717, 1.165) is 31.1 Å². The molecular formula is C11H21N3O2. The van der Waals surface area contributed by atoms with Crippen molar-refractivity contribution in [2.24, 2.45) is 0 Å². The summed E-state index contributed by atoms with van der Waals surface area (Å²) >= 11 is 0. The van der Waals surface area contributed by atoms with Crippen molar-refractivity contribution in [3.05, 3.63) is 11.7 Å². The summed E-state index contributed by atoms with van der Waals surface area (Å²) in [6.45, 7) is 5.88. The van der Waals surface area contributed by atoms with E-state index in [0.29, 0.717) is 19.1 Å². The lowest BCUT2D eigenvalue weighted by Gasteiger charge is -2.09. The van der Waals surface area contributed by atoms with Crippen LogP contribution in [-0.2, 0) is 17.6 Å². The molecule has 0 fully saturated rings. The van der Waals surface area contributed by atoms with Crippen molar-refractivity contribution in [2.75, 3.05) is 20.3 Å². The summed E-state index contributed by atoms with van der Waals surface area (Å²) in [7, 11) is 1.67. The van der Waals surface area contributed by atoms with Gasteiger partial charge in [0, 0.05) is 26.0 Å². The topological polar surface area (TPSA) is 60.2 Å². The Bertz CT molecular complexity index is 289. The smallest absolute Gasteiger partial charge is 0.226 e. The van der Waals surface area contributed by atoms with E-state index in [9.17, 15) is 0 Å². The van der Waals surface area contributed by atoms with E-state index in [2.05, 4.69) is 29.3 Å². The Morgan fingerprint density at radius 1 is 1.44 bits per heavy atom. The molecule has 1 aromatic rings. The molecule has 0 spiro atoms. The van der Waals surface area contributed by atoms with Gasteiger partial charge in [-0.1, -0.05) is 12.1 Å². The van der Waals surface area contributed by atoms with Crippen molar-refractivity contribution in [3.8, 4) is 0 Å². The first-order valence-electron chi connectivity index (χ1n) is 5.80. The Kier molecular flexibility index (Phi) is 6.03. The Labute approximate surface area is 96.6 Å². The molecule has 1 N–H and O–H groups in total. The van der Waals surface area contributed by atoms with Crippen LogP contribution in [0, 0.1) is 0 Å². The fourth-order valence-electron chi connectivity index (χ4n) is 1.48. The number of hydrogen-bond donors (Lipinski definition) is 1. The van der Waals surface area contributed by atoms with Crippen molar-refractivity contribution in [1.29, 1.82) is 0 Å². The van der Waals surface area contributed by atoms with Gasteiger partial charge in [0.1, 0.15) is 0 Å². The normalized spacial score (nSPS) is 12.9. The molecule has 5 nitrogen and oxygen atoms in total. The number of rotatable bonds is 8. The second-order valence-corrected chi connectivity index (χ2v) is 3.84. The molecule has 92 valence electrons. The summed E-state index contributed by atoms with van der Waals surface area (Å²) in [6.07, 6.45) is 2.55. The highest BCUT2D eigenvalue weighted by atomic mass is 16.5. The van der Waals surface area contributed by atoms with E-state index in [4.69, 9.17) is 9.26 Å². The van der Waals surface area contributed by atoms with Crippen LogP contribution in [-0.4, -0.2) is 36.4 Å². The number of ether oxygens (including phenoxy) is 1. The summed E-state index contributed by atoms with van der Waals surface area (Å²) in [5.74, 6) is 1.45. The quantitative estimate of drug-likeness (QED) is 0.723. The first-order chi connectivity index (χ1) is 7.76. The fraction of sp³-hybridized carbons (Fsp3) is 0.818. The largest absolute Gasteiger partial charge is 0.384 e. The SMILES string of the molecule is CCNC(C)CCc1nc(CCOC)no1. The molecule has 0 aromatic carbocycles. The number of aromatic nitrogens is 2. The monoisotopic (exact) mass is 227 g/mol. The lowest BCUT2D eigenvalue weighted by atomic mass is 10.2. The van der Waals surface area contributed by atoms with Crippen LogP contribution in [0.2, 0.25) is 0 Å². The number of nitrogens with zero attached hydrogens (tertiary/aromatic N) is 2. The zero-order chi connectivity index (χ0) is 11.8. The van der Waals surface area contributed by atoms with E-state index in [1.165, 1.54) is 0 Å². The third-order valence-electron chi connectivity index (χ3n) is 2.38. The summed E-state index contributed by atoms with van der Waals surface area (Å²) in [6, 6.07) is 0.485. The molecule has 0 amide bonds. The number of methoxy groups -OCH3 is 1. The Hall–Kier alpha value is -0.940. The third kappa shape index (κ3) is 4.72. The molecule has 1 unspecified atom stereocenters. The molecule has 1 heterocycles. The maximum atomic E-state index is 5.15. The summed E-state index contributed by atoms with van der Waals surface area (Å²) in [4.78, 5) is 4.29.